The fourth-order valence-corrected chi connectivity index (χ4v) is 2.13. The van der Waals surface area contributed by atoms with E-state index in [0.29, 0.717) is 6.04 Å². The van der Waals surface area contributed by atoms with E-state index in [0.717, 1.165) is 0 Å². The van der Waals surface area contributed by atoms with Crippen molar-refractivity contribution in [2.24, 2.45) is 0 Å². The lowest BCUT2D eigenvalue weighted by molar-refractivity contribution is 0.881. The van der Waals surface area contributed by atoms with Crippen molar-refractivity contribution in [1.82, 2.24) is 0 Å². The second-order valence-corrected chi connectivity index (χ2v) is 4.65. The molecule has 1 atom stereocenters. The number of rotatable bonds is 3. The van der Waals surface area contributed by atoms with Crippen LogP contribution in [0.4, 0.5) is 5.69 Å². The number of aryl methyl sites for hydroxylation is 2. The Bertz CT molecular complexity index is 468. The molecule has 2 rings (SSSR count). The third kappa shape index (κ3) is 3.10. The summed E-state index contributed by atoms with van der Waals surface area (Å²) < 4.78 is 0. The van der Waals surface area contributed by atoms with Crippen molar-refractivity contribution in [3.8, 4) is 0 Å². The Kier molecular flexibility index (Phi) is 3.48. The number of para-hydroxylation sites is 1. The minimum atomic E-state index is 0.330. The molecule has 2 aromatic rings. The highest BCUT2D eigenvalue weighted by Crippen LogP contribution is 2.21. The van der Waals surface area contributed by atoms with E-state index in [-0.39, 0.29) is 0 Å². The van der Waals surface area contributed by atoms with Crippen molar-refractivity contribution in [2.75, 3.05) is 5.32 Å². The second-order valence-electron chi connectivity index (χ2n) is 4.65. The van der Waals surface area contributed by atoms with Crippen LogP contribution in [0, 0.1) is 13.8 Å². The molecular weight excluding hydrogens is 206 g/mol. The molecule has 1 N–H and O–H groups in total. The van der Waals surface area contributed by atoms with E-state index in [1.54, 1.807) is 0 Å². The molecular formula is C16H19N. The molecule has 2 aromatic carbocycles. The summed E-state index contributed by atoms with van der Waals surface area (Å²) in [6, 6.07) is 17.4. The van der Waals surface area contributed by atoms with Crippen LogP contribution < -0.4 is 5.32 Å². The normalized spacial score (nSPS) is 12.2. The largest absolute Gasteiger partial charge is 0.379 e. The molecule has 1 unspecified atom stereocenters. The van der Waals surface area contributed by atoms with E-state index in [1.807, 2.05) is 6.07 Å². The topological polar surface area (TPSA) is 12.0 Å². The Morgan fingerprint density at radius 1 is 0.882 bits per heavy atom. The molecule has 0 bridgehead atoms. The molecule has 0 heterocycles. The Morgan fingerprint density at radius 3 is 2.06 bits per heavy atom. The van der Waals surface area contributed by atoms with Crippen LogP contribution in [-0.4, -0.2) is 0 Å². The van der Waals surface area contributed by atoms with Crippen LogP contribution in [0.25, 0.3) is 0 Å². The van der Waals surface area contributed by atoms with Gasteiger partial charge in [-0.1, -0.05) is 47.5 Å². The maximum absolute atomic E-state index is 3.51. The summed E-state index contributed by atoms with van der Waals surface area (Å²) in [6.07, 6.45) is 0. The zero-order valence-corrected chi connectivity index (χ0v) is 10.7. The van der Waals surface area contributed by atoms with E-state index in [1.165, 1.54) is 22.4 Å². The summed E-state index contributed by atoms with van der Waals surface area (Å²) in [4.78, 5) is 0. The van der Waals surface area contributed by atoms with E-state index in [9.17, 15) is 0 Å². The van der Waals surface area contributed by atoms with Crippen molar-refractivity contribution < 1.29 is 0 Å². The summed E-state index contributed by atoms with van der Waals surface area (Å²) >= 11 is 0. The molecule has 1 heteroatoms. The monoisotopic (exact) mass is 225 g/mol. The first-order valence-corrected chi connectivity index (χ1v) is 6.05. The second kappa shape index (κ2) is 5.05. The zero-order valence-electron chi connectivity index (χ0n) is 10.7. The Hall–Kier alpha value is -1.76. The minimum absolute atomic E-state index is 0.330. The summed E-state index contributed by atoms with van der Waals surface area (Å²) in [5, 5.41) is 3.51. The standard InChI is InChI=1S/C16H19N/c1-12-9-13(2)11-15(10-12)14(3)17-16-7-5-4-6-8-16/h4-11,14,17H,1-3H3. The van der Waals surface area contributed by atoms with Gasteiger partial charge in [0.25, 0.3) is 0 Å². The van der Waals surface area contributed by atoms with Crippen LogP contribution in [0.1, 0.15) is 29.7 Å². The summed E-state index contributed by atoms with van der Waals surface area (Å²) in [5.74, 6) is 0. The van der Waals surface area contributed by atoms with Crippen LogP contribution in [0.5, 0.6) is 0 Å². The molecule has 0 saturated carbocycles. The highest BCUT2D eigenvalue weighted by atomic mass is 14.9. The van der Waals surface area contributed by atoms with Crippen molar-refractivity contribution >= 4 is 5.69 Å². The number of benzene rings is 2. The zero-order chi connectivity index (χ0) is 12.3. The fraction of sp³-hybridized carbons (Fsp3) is 0.250. The lowest BCUT2D eigenvalue weighted by Crippen LogP contribution is -2.06. The first kappa shape index (κ1) is 11.7. The van der Waals surface area contributed by atoms with Gasteiger partial charge in [0.1, 0.15) is 0 Å². The van der Waals surface area contributed by atoms with Crippen LogP contribution in [0.15, 0.2) is 48.5 Å². The SMILES string of the molecule is Cc1cc(C)cc(C(C)Nc2ccccc2)c1. The van der Waals surface area contributed by atoms with Crippen LogP contribution >= 0.6 is 0 Å². The molecule has 88 valence electrons. The lowest BCUT2D eigenvalue weighted by atomic mass is 10.0. The molecule has 0 radical (unpaired) electrons. The predicted octanol–water partition coefficient (Wildman–Crippen LogP) is 4.48. The molecule has 0 aromatic heterocycles. The van der Waals surface area contributed by atoms with Crippen LogP contribution in [-0.2, 0) is 0 Å². The van der Waals surface area contributed by atoms with Crippen LogP contribution in [0.3, 0.4) is 0 Å². The van der Waals surface area contributed by atoms with E-state index >= 15 is 0 Å². The van der Waals surface area contributed by atoms with Gasteiger partial charge < -0.3 is 5.32 Å². The molecule has 0 spiro atoms. The molecule has 17 heavy (non-hydrogen) atoms. The highest BCUT2D eigenvalue weighted by molar-refractivity contribution is 5.45. The highest BCUT2D eigenvalue weighted by Gasteiger charge is 2.05. The number of anilines is 1. The third-order valence-electron chi connectivity index (χ3n) is 2.90. The molecule has 0 amide bonds. The van der Waals surface area contributed by atoms with Gasteiger partial charge in [0, 0.05) is 11.7 Å². The first-order valence-electron chi connectivity index (χ1n) is 6.05. The van der Waals surface area contributed by atoms with Gasteiger partial charge in [0.05, 0.1) is 0 Å². The summed E-state index contributed by atoms with van der Waals surface area (Å²) in [6.45, 7) is 6.48. The predicted molar refractivity (Wildman–Crippen MR) is 74.4 cm³/mol. The third-order valence-corrected chi connectivity index (χ3v) is 2.90. The van der Waals surface area contributed by atoms with Gasteiger partial charge in [0.2, 0.25) is 0 Å². The van der Waals surface area contributed by atoms with Gasteiger partial charge in [-0.3, -0.25) is 0 Å². The first-order chi connectivity index (χ1) is 8.15. The fourth-order valence-electron chi connectivity index (χ4n) is 2.13. The van der Waals surface area contributed by atoms with E-state index in [4.69, 9.17) is 0 Å². The number of nitrogens with one attached hydrogen (secondary N) is 1. The quantitative estimate of drug-likeness (QED) is 0.812. The average Bonchev–Trinajstić information content (AvgIpc) is 2.29. The van der Waals surface area contributed by atoms with E-state index < -0.39 is 0 Å². The van der Waals surface area contributed by atoms with Crippen molar-refractivity contribution in [3.63, 3.8) is 0 Å². The molecule has 0 saturated heterocycles. The van der Waals surface area contributed by atoms with Gasteiger partial charge in [-0.05, 0) is 38.5 Å². The lowest BCUT2D eigenvalue weighted by Gasteiger charge is -2.17. The van der Waals surface area contributed by atoms with Gasteiger partial charge in [0.15, 0.2) is 0 Å². The number of hydrogen-bond acceptors (Lipinski definition) is 1. The van der Waals surface area contributed by atoms with Crippen molar-refractivity contribution in [2.45, 2.75) is 26.8 Å². The maximum Gasteiger partial charge on any atom is 0.0485 e. The Labute approximate surface area is 103 Å². The summed E-state index contributed by atoms with van der Waals surface area (Å²) in [5.41, 5.74) is 5.15. The van der Waals surface area contributed by atoms with Gasteiger partial charge in [-0.25, -0.2) is 0 Å². The maximum atomic E-state index is 3.51. The Morgan fingerprint density at radius 2 is 1.47 bits per heavy atom. The van der Waals surface area contributed by atoms with Crippen molar-refractivity contribution in [1.29, 1.82) is 0 Å². The summed E-state index contributed by atoms with van der Waals surface area (Å²) in [7, 11) is 0. The van der Waals surface area contributed by atoms with E-state index in [2.05, 4.69) is 68.6 Å². The van der Waals surface area contributed by atoms with Gasteiger partial charge in [-0.2, -0.15) is 0 Å². The minimum Gasteiger partial charge on any atom is -0.379 e. The average molecular weight is 225 g/mol. The molecule has 0 aliphatic heterocycles. The van der Waals surface area contributed by atoms with Crippen LogP contribution in [0.2, 0.25) is 0 Å². The van der Waals surface area contributed by atoms with Crippen molar-refractivity contribution in [3.05, 3.63) is 65.2 Å². The molecule has 0 fully saturated rings. The smallest absolute Gasteiger partial charge is 0.0485 e. The molecule has 0 aliphatic rings. The Balaban J connectivity index is 2.17. The molecule has 0 aliphatic carbocycles. The van der Waals surface area contributed by atoms with Gasteiger partial charge >= 0.3 is 0 Å². The molecule has 1 nitrogen and oxygen atoms in total. The van der Waals surface area contributed by atoms with Gasteiger partial charge in [-0.15, -0.1) is 0 Å². The number of hydrogen-bond donors (Lipinski definition) is 1.